The molecule has 0 saturated carbocycles. The van der Waals surface area contributed by atoms with Gasteiger partial charge in [-0.2, -0.15) is 0 Å². The molecule has 5 heteroatoms. The van der Waals surface area contributed by atoms with Crippen LogP contribution in [0.15, 0.2) is 30.5 Å². The van der Waals surface area contributed by atoms with E-state index in [1.165, 1.54) is 6.42 Å². The third-order valence-corrected chi connectivity index (χ3v) is 4.23. The Morgan fingerprint density at radius 1 is 1.41 bits per heavy atom. The number of amides is 1. The second-order valence-electron chi connectivity index (χ2n) is 5.90. The lowest BCUT2D eigenvalue weighted by molar-refractivity contribution is -0.123. The number of hydrogen-bond donors (Lipinski definition) is 3. The number of ether oxygens (including phenoxy) is 1. The summed E-state index contributed by atoms with van der Waals surface area (Å²) in [5, 5.41) is 4.04. The molecule has 2 aromatic rings. The lowest BCUT2D eigenvalue weighted by Crippen LogP contribution is -2.45. The van der Waals surface area contributed by atoms with Crippen LogP contribution in [0.2, 0.25) is 0 Å². The van der Waals surface area contributed by atoms with E-state index in [-0.39, 0.29) is 12.0 Å². The summed E-state index contributed by atoms with van der Waals surface area (Å²) in [6, 6.07) is 7.50. The van der Waals surface area contributed by atoms with Crippen molar-refractivity contribution in [2.75, 3.05) is 13.2 Å². The van der Waals surface area contributed by atoms with Gasteiger partial charge < -0.3 is 20.8 Å². The highest BCUT2D eigenvalue weighted by Gasteiger charge is 2.19. The molecular weight excluding hydrogens is 278 g/mol. The third-order valence-electron chi connectivity index (χ3n) is 4.23. The Bertz CT molecular complexity index is 632. The van der Waals surface area contributed by atoms with Gasteiger partial charge in [0.25, 0.3) is 0 Å². The molecule has 1 aliphatic rings. The van der Waals surface area contributed by atoms with Gasteiger partial charge in [-0.05, 0) is 37.3 Å². The number of aromatic nitrogens is 1. The van der Waals surface area contributed by atoms with Gasteiger partial charge in [-0.1, -0.05) is 18.2 Å². The highest BCUT2D eigenvalue weighted by molar-refractivity contribution is 5.86. The van der Waals surface area contributed by atoms with Crippen LogP contribution in [0.5, 0.6) is 0 Å². The molecule has 5 nitrogen and oxygen atoms in total. The molecule has 0 aliphatic carbocycles. The molecule has 0 spiro atoms. The van der Waals surface area contributed by atoms with Gasteiger partial charge in [-0.25, -0.2) is 0 Å². The van der Waals surface area contributed by atoms with Gasteiger partial charge in [0.2, 0.25) is 5.91 Å². The number of nitrogens with two attached hydrogens (primary N) is 1. The van der Waals surface area contributed by atoms with Crippen molar-refractivity contribution in [1.29, 1.82) is 0 Å². The van der Waals surface area contributed by atoms with E-state index in [2.05, 4.69) is 10.3 Å². The van der Waals surface area contributed by atoms with E-state index in [0.29, 0.717) is 13.0 Å². The lowest BCUT2D eigenvalue weighted by atomic mass is 10.0. The Hall–Kier alpha value is -1.85. The quantitative estimate of drug-likeness (QED) is 0.786. The summed E-state index contributed by atoms with van der Waals surface area (Å²) in [5.74, 6) is -0.112. The average molecular weight is 301 g/mol. The predicted molar refractivity (Wildman–Crippen MR) is 86.6 cm³/mol. The second-order valence-corrected chi connectivity index (χ2v) is 5.90. The van der Waals surface area contributed by atoms with Gasteiger partial charge in [0.1, 0.15) is 0 Å². The third kappa shape index (κ3) is 3.48. The van der Waals surface area contributed by atoms with Gasteiger partial charge in [-0.15, -0.1) is 0 Å². The number of aromatic amines is 1. The largest absolute Gasteiger partial charge is 0.376 e. The van der Waals surface area contributed by atoms with Gasteiger partial charge in [-0.3, -0.25) is 4.79 Å². The molecule has 2 heterocycles. The summed E-state index contributed by atoms with van der Waals surface area (Å²) < 4.78 is 5.61. The summed E-state index contributed by atoms with van der Waals surface area (Å²) in [6.45, 7) is 1.35. The zero-order chi connectivity index (χ0) is 15.4. The van der Waals surface area contributed by atoms with Crippen molar-refractivity contribution in [3.8, 4) is 0 Å². The highest BCUT2D eigenvalue weighted by atomic mass is 16.5. The molecule has 1 saturated heterocycles. The smallest absolute Gasteiger partial charge is 0.237 e. The SMILES string of the molecule is N[C@@H](Cc1c[nH]c2ccccc12)C(=O)NCC1CCCCO1. The van der Waals surface area contributed by atoms with Crippen molar-refractivity contribution >= 4 is 16.8 Å². The fourth-order valence-electron chi connectivity index (χ4n) is 2.94. The minimum atomic E-state index is -0.539. The van der Waals surface area contributed by atoms with Crippen LogP contribution in [-0.4, -0.2) is 36.2 Å². The minimum Gasteiger partial charge on any atom is -0.376 e. The van der Waals surface area contributed by atoms with E-state index in [1.807, 2.05) is 30.5 Å². The molecule has 1 fully saturated rings. The van der Waals surface area contributed by atoms with Crippen molar-refractivity contribution in [2.45, 2.75) is 37.8 Å². The normalized spacial score (nSPS) is 20.0. The van der Waals surface area contributed by atoms with E-state index in [0.717, 1.165) is 35.9 Å². The topological polar surface area (TPSA) is 80.1 Å². The number of hydrogen-bond acceptors (Lipinski definition) is 3. The van der Waals surface area contributed by atoms with E-state index < -0.39 is 6.04 Å². The molecule has 22 heavy (non-hydrogen) atoms. The Morgan fingerprint density at radius 2 is 2.27 bits per heavy atom. The van der Waals surface area contributed by atoms with E-state index in [4.69, 9.17) is 10.5 Å². The van der Waals surface area contributed by atoms with Crippen molar-refractivity contribution in [3.05, 3.63) is 36.0 Å². The standard InChI is InChI=1S/C17H23N3O2/c18-15(17(21)20-11-13-5-3-4-8-22-13)9-12-10-19-16-7-2-1-6-14(12)16/h1-2,6-7,10,13,15,19H,3-5,8-9,11,18H2,(H,20,21)/t13?,15-/m0/s1. The summed E-state index contributed by atoms with van der Waals surface area (Å²) >= 11 is 0. The van der Waals surface area contributed by atoms with Gasteiger partial charge in [0, 0.05) is 30.3 Å². The molecule has 118 valence electrons. The number of para-hydroxylation sites is 1. The van der Waals surface area contributed by atoms with Gasteiger partial charge in [0.15, 0.2) is 0 Å². The van der Waals surface area contributed by atoms with Crippen molar-refractivity contribution in [3.63, 3.8) is 0 Å². The minimum absolute atomic E-state index is 0.112. The first kappa shape index (κ1) is 15.1. The fourth-order valence-corrected chi connectivity index (χ4v) is 2.94. The van der Waals surface area contributed by atoms with Crippen molar-refractivity contribution < 1.29 is 9.53 Å². The molecule has 1 aromatic carbocycles. The van der Waals surface area contributed by atoms with Crippen molar-refractivity contribution in [2.24, 2.45) is 5.73 Å². The molecule has 2 atom stereocenters. The molecular formula is C17H23N3O2. The number of rotatable bonds is 5. The molecule has 1 amide bonds. The molecule has 1 unspecified atom stereocenters. The Labute approximate surface area is 130 Å². The lowest BCUT2D eigenvalue weighted by Gasteiger charge is -2.23. The van der Waals surface area contributed by atoms with E-state index in [1.54, 1.807) is 0 Å². The molecule has 1 aromatic heterocycles. The summed E-state index contributed by atoms with van der Waals surface area (Å²) in [4.78, 5) is 15.4. The second kappa shape index (κ2) is 6.94. The Kier molecular flexibility index (Phi) is 4.75. The monoisotopic (exact) mass is 301 g/mol. The molecule has 1 aliphatic heterocycles. The average Bonchev–Trinajstić information content (AvgIpc) is 2.97. The Morgan fingerprint density at radius 3 is 3.09 bits per heavy atom. The first-order valence-electron chi connectivity index (χ1n) is 7.94. The zero-order valence-electron chi connectivity index (χ0n) is 12.7. The van der Waals surface area contributed by atoms with Crippen LogP contribution in [0.25, 0.3) is 10.9 Å². The fraction of sp³-hybridized carbons (Fsp3) is 0.471. The summed E-state index contributed by atoms with van der Waals surface area (Å²) in [7, 11) is 0. The number of carbonyl (C=O) groups is 1. The Balaban J connectivity index is 1.54. The first-order valence-corrected chi connectivity index (χ1v) is 7.94. The number of fused-ring (bicyclic) bond motifs is 1. The first-order chi connectivity index (χ1) is 10.7. The van der Waals surface area contributed by atoms with Gasteiger partial charge in [0.05, 0.1) is 12.1 Å². The molecule has 4 N–H and O–H groups in total. The molecule has 3 rings (SSSR count). The van der Waals surface area contributed by atoms with Crippen LogP contribution in [0.4, 0.5) is 0 Å². The summed E-state index contributed by atoms with van der Waals surface area (Å²) in [5.41, 5.74) is 8.19. The number of nitrogens with one attached hydrogen (secondary N) is 2. The summed E-state index contributed by atoms with van der Waals surface area (Å²) in [6.07, 6.45) is 5.89. The van der Waals surface area contributed by atoms with E-state index >= 15 is 0 Å². The number of benzene rings is 1. The molecule has 0 bridgehead atoms. The number of H-pyrrole nitrogens is 1. The van der Waals surface area contributed by atoms with Crippen LogP contribution in [0, 0.1) is 0 Å². The maximum Gasteiger partial charge on any atom is 0.237 e. The van der Waals surface area contributed by atoms with E-state index in [9.17, 15) is 4.79 Å². The van der Waals surface area contributed by atoms with Crippen LogP contribution in [-0.2, 0) is 16.0 Å². The highest BCUT2D eigenvalue weighted by Crippen LogP contribution is 2.18. The van der Waals surface area contributed by atoms with Crippen LogP contribution in [0.1, 0.15) is 24.8 Å². The van der Waals surface area contributed by atoms with Crippen LogP contribution < -0.4 is 11.1 Å². The van der Waals surface area contributed by atoms with Gasteiger partial charge >= 0.3 is 0 Å². The van der Waals surface area contributed by atoms with Crippen molar-refractivity contribution in [1.82, 2.24) is 10.3 Å². The van der Waals surface area contributed by atoms with Crippen LogP contribution in [0.3, 0.4) is 0 Å². The number of carbonyl (C=O) groups excluding carboxylic acids is 1. The maximum absolute atomic E-state index is 12.1. The maximum atomic E-state index is 12.1. The zero-order valence-corrected chi connectivity index (χ0v) is 12.7. The predicted octanol–water partition coefficient (Wildman–Crippen LogP) is 1.72. The molecule has 0 radical (unpaired) electrons. The van der Waals surface area contributed by atoms with Crippen LogP contribution >= 0.6 is 0 Å².